The molecule has 0 atom stereocenters. The molecule has 0 N–H and O–H groups in total. The number of halogens is 1. The number of esters is 1. The minimum Gasteiger partial charge on any atom is -0.457 e. The predicted molar refractivity (Wildman–Crippen MR) is 126 cm³/mol. The van der Waals surface area contributed by atoms with Crippen LogP contribution in [0.15, 0.2) is 63.8 Å². The maximum Gasteiger partial charge on any atom is 0.340 e. The topological polar surface area (TPSA) is 90.7 Å². The summed E-state index contributed by atoms with van der Waals surface area (Å²) in [5, 5.41) is 0.517. The summed E-state index contributed by atoms with van der Waals surface area (Å²) in [6.07, 6.45) is 0. The Hall–Kier alpha value is -4.03. The van der Waals surface area contributed by atoms with Crippen molar-refractivity contribution >= 4 is 40.1 Å². The second-order valence-corrected chi connectivity index (χ2v) is 8.48. The van der Waals surface area contributed by atoms with Gasteiger partial charge in [-0.25, -0.2) is 9.59 Å². The number of ketones is 2. The van der Waals surface area contributed by atoms with Gasteiger partial charge in [0.2, 0.25) is 0 Å². The number of benzene rings is 3. The van der Waals surface area contributed by atoms with Crippen LogP contribution in [0.1, 0.15) is 58.9 Å². The van der Waals surface area contributed by atoms with Crippen molar-refractivity contribution in [1.29, 1.82) is 0 Å². The number of carbonyl (C=O) groups excluding carboxylic acids is 3. The number of fused-ring (bicyclic) bond motifs is 3. The molecule has 0 spiro atoms. The smallest absolute Gasteiger partial charge is 0.340 e. The minimum atomic E-state index is -0.780. The fraction of sp³-hybridized carbons (Fsp3) is 0.111. The average Bonchev–Trinajstić information content (AvgIpc) is 2.83. The van der Waals surface area contributed by atoms with Crippen LogP contribution in [-0.4, -0.2) is 17.5 Å². The Morgan fingerprint density at radius 3 is 2.35 bits per heavy atom. The number of ether oxygens (including phenoxy) is 1. The van der Waals surface area contributed by atoms with E-state index in [1.165, 1.54) is 18.2 Å². The van der Waals surface area contributed by atoms with Crippen molar-refractivity contribution < 1.29 is 23.5 Å². The van der Waals surface area contributed by atoms with Crippen molar-refractivity contribution in [1.82, 2.24) is 0 Å². The molecule has 1 heterocycles. The molecule has 0 saturated carbocycles. The molecular formula is C27H17ClO6. The van der Waals surface area contributed by atoms with Crippen LogP contribution in [-0.2, 0) is 11.3 Å². The van der Waals surface area contributed by atoms with Gasteiger partial charge in [-0.2, -0.15) is 0 Å². The lowest BCUT2D eigenvalue weighted by Gasteiger charge is -2.19. The van der Waals surface area contributed by atoms with Crippen LogP contribution in [0.4, 0.5) is 0 Å². The Morgan fingerprint density at radius 1 is 0.912 bits per heavy atom. The molecule has 0 bridgehead atoms. The van der Waals surface area contributed by atoms with Gasteiger partial charge in [0.15, 0.2) is 11.6 Å². The Morgan fingerprint density at radius 2 is 1.62 bits per heavy atom. The van der Waals surface area contributed by atoms with Gasteiger partial charge in [0.25, 0.3) is 0 Å². The first-order valence-electron chi connectivity index (χ1n) is 10.5. The fourth-order valence-electron chi connectivity index (χ4n) is 4.17. The predicted octanol–water partition coefficient (Wildman–Crippen LogP) is 5.20. The zero-order valence-electron chi connectivity index (χ0n) is 18.2. The number of carbonyl (C=O) groups is 3. The zero-order valence-corrected chi connectivity index (χ0v) is 19.0. The van der Waals surface area contributed by atoms with Gasteiger partial charge in [0.05, 0.1) is 16.1 Å². The number of rotatable bonds is 3. The average molecular weight is 473 g/mol. The molecule has 5 rings (SSSR count). The van der Waals surface area contributed by atoms with Gasteiger partial charge in [0, 0.05) is 33.7 Å². The van der Waals surface area contributed by atoms with Crippen molar-refractivity contribution in [3.8, 4) is 0 Å². The van der Waals surface area contributed by atoms with E-state index in [1.54, 1.807) is 30.3 Å². The second-order valence-electron chi connectivity index (χ2n) is 8.10. The molecule has 1 aliphatic carbocycles. The Balaban J connectivity index is 1.49. The lowest BCUT2D eigenvalue weighted by molar-refractivity contribution is 0.0473. The van der Waals surface area contributed by atoms with Gasteiger partial charge < -0.3 is 9.15 Å². The lowest BCUT2D eigenvalue weighted by Crippen LogP contribution is -2.22. The summed E-state index contributed by atoms with van der Waals surface area (Å²) >= 11 is 6.45. The largest absolute Gasteiger partial charge is 0.457 e. The van der Waals surface area contributed by atoms with Crippen LogP contribution >= 0.6 is 11.6 Å². The lowest BCUT2D eigenvalue weighted by atomic mass is 9.83. The second kappa shape index (κ2) is 8.08. The van der Waals surface area contributed by atoms with Crippen LogP contribution in [0.2, 0.25) is 5.02 Å². The monoisotopic (exact) mass is 472 g/mol. The van der Waals surface area contributed by atoms with Crippen molar-refractivity contribution in [2.75, 3.05) is 0 Å². The summed E-state index contributed by atoms with van der Waals surface area (Å²) in [6, 6.07) is 14.2. The third kappa shape index (κ3) is 3.35. The first kappa shape index (κ1) is 21.8. The van der Waals surface area contributed by atoms with Crippen molar-refractivity contribution in [2.24, 2.45) is 0 Å². The summed E-state index contributed by atoms with van der Waals surface area (Å²) in [5.74, 6) is -1.54. The van der Waals surface area contributed by atoms with Gasteiger partial charge in [0.1, 0.15) is 12.2 Å². The molecule has 6 nitrogen and oxygen atoms in total. The Bertz CT molecular complexity index is 1610. The van der Waals surface area contributed by atoms with Crippen LogP contribution in [0, 0.1) is 13.8 Å². The number of aryl methyl sites for hydroxylation is 2. The van der Waals surface area contributed by atoms with Gasteiger partial charge in [-0.15, -0.1) is 0 Å². The van der Waals surface area contributed by atoms with E-state index in [0.29, 0.717) is 22.1 Å². The molecule has 0 unspecified atom stereocenters. The molecule has 7 heteroatoms. The van der Waals surface area contributed by atoms with Gasteiger partial charge in [-0.05, 0) is 37.1 Å². The highest BCUT2D eigenvalue weighted by Gasteiger charge is 2.33. The van der Waals surface area contributed by atoms with E-state index in [-0.39, 0.29) is 39.7 Å². The normalized spacial score (nSPS) is 12.4. The highest BCUT2D eigenvalue weighted by molar-refractivity contribution is 6.41. The molecule has 1 aromatic heterocycles. The summed E-state index contributed by atoms with van der Waals surface area (Å²) in [7, 11) is 0. The zero-order chi connectivity index (χ0) is 24.1. The molecule has 1 aliphatic rings. The quantitative estimate of drug-likeness (QED) is 0.265. The first-order chi connectivity index (χ1) is 16.3. The molecule has 0 amide bonds. The molecule has 0 saturated heterocycles. The molecule has 3 aromatic carbocycles. The van der Waals surface area contributed by atoms with Crippen LogP contribution in [0.25, 0.3) is 11.0 Å². The standard InChI is InChI=1S/C27H17ClO6/c1-13-7-8-16-15(11-21(29)34-26(16)14(13)2)12-33-27(32)20-10-9-19-22(23(20)28)25(31)18-6-4-3-5-17(18)24(19)30/h3-11H,12H2,1-2H3. The van der Waals surface area contributed by atoms with Crippen molar-refractivity contribution in [3.05, 3.63) is 115 Å². The maximum absolute atomic E-state index is 13.0. The van der Waals surface area contributed by atoms with E-state index in [2.05, 4.69) is 0 Å². The summed E-state index contributed by atoms with van der Waals surface area (Å²) in [5.41, 5.74) is 2.77. The van der Waals surface area contributed by atoms with E-state index in [1.807, 2.05) is 19.9 Å². The molecule has 168 valence electrons. The summed E-state index contributed by atoms with van der Waals surface area (Å²) in [6.45, 7) is 3.55. The van der Waals surface area contributed by atoms with Crippen LogP contribution in [0.5, 0.6) is 0 Å². The fourth-order valence-corrected chi connectivity index (χ4v) is 4.50. The summed E-state index contributed by atoms with van der Waals surface area (Å²) in [4.78, 5) is 50.8. The molecular weight excluding hydrogens is 456 g/mol. The highest BCUT2D eigenvalue weighted by Crippen LogP contribution is 2.34. The van der Waals surface area contributed by atoms with Gasteiger partial charge >= 0.3 is 11.6 Å². The van der Waals surface area contributed by atoms with Crippen molar-refractivity contribution in [3.63, 3.8) is 0 Å². The summed E-state index contributed by atoms with van der Waals surface area (Å²) < 4.78 is 10.8. The SMILES string of the molecule is Cc1ccc2c(COC(=O)c3ccc4c(c3Cl)C(=O)c3ccccc3C4=O)cc(=O)oc2c1C. The molecule has 34 heavy (non-hydrogen) atoms. The molecule has 0 fully saturated rings. The number of hydrogen-bond acceptors (Lipinski definition) is 6. The number of hydrogen-bond donors (Lipinski definition) is 0. The Labute approximate surface area is 198 Å². The highest BCUT2D eigenvalue weighted by atomic mass is 35.5. The molecule has 0 radical (unpaired) electrons. The van der Waals surface area contributed by atoms with E-state index >= 15 is 0 Å². The van der Waals surface area contributed by atoms with E-state index in [9.17, 15) is 19.2 Å². The third-order valence-corrected chi connectivity index (χ3v) is 6.52. The molecule has 0 aliphatic heterocycles. The van der Waals surface area contributed by atoms with Crippen LogP contribution < -0.4 is 5.63 Å². The minimum absolute atomic E-state index is 0.0169. The first-order valence-corrected chi connectivity index (χ1v) is 10.9. The Kier molecular flexibility index (Phi) is 5.18. The molecule has 4 aromatic rings. The van der Waals surface area contributed by atoms with E-state index in [4.69, 9.17) is 20.8 Å². The van der Waals surface area contributed by atoms with E-state index in [0.717, 1.165) is 11.1 Å². The van der Waals surface area contributed by atoms with Gasteiger partial charge in [-0.1, -0.05) is 48.0 Å². The van der Waals surface area contributed by atoms with Crippen molar-refractivity contribution in [2.45, 2.75) is 20.5 Å². The van der Waals surface area contributed by atoms with Crippen LogP contribution in [0.3, 0.4) is 0 Å². The van der Waals surface area contributed by atoms with Gasteiger partial charge in [-0.3, -0.25) is 9.59 Å². The van der Waals surface area contributed by atoms with E-state index < -0.39 is 17.4 Å². The maximum atomic E-state index is 13.0. The third-order valence-electron chi connectivity index (χ3n) is 6.13.